The molecule has 0 spiro atoms. The summed E-state index contributed by atoms with van der Waals surface area (Å²) in [6.07, 6.45) is 4.48. The Morgan fingerprint density at radius 1 is 1.14 bits per heavy atom. The molecule has 29 heavy (non-hydrogen) atoms. The Hall–Kier alpha value is -2.11. The molecule has 2 aromatic rings. The normalized spacial score (nSPS) is 16.0. The van der Waals surface area contributed by atoms with Crippen molar-refractivity contribution in [1.82, 2.24) is 10.2 Å². The molecule has 152 valence electrons. The summed E-state index contributed by atoms with van der Waals surface area (Å²) in [7, 11) is 0. The van der Waals surface area contributed by atoms with Crippen molar-refractivity contribution in [3.63, 3.8) is 0 Å². The highest BCUT2D eigenvalue weighted by atomic mass is 32.2. The van der Waals surface area contributed by atoms with Gasteiger partial charge in [0, 0.05) is 33.2 Å². The highest BCUT2D eigenvalue weighted by Gasteiger charge is 2.18. The van der Waals surface area contributed by atoms with Crippen molar-refractivity contribution < 1.29 is 4.79 Å². The van der Waals surface area contributed by atoms with Crippen molar-refractivity contribution in [3.8, 4) is 0 Å². The SMILES string of the molecule is CCC1=Nc2cc(C(=O)NCCCN3CCCC3)ccc2Sc2ccc(C)cc21. The van der Waals surface area contributed by atoms with E-state index >= 15 is 0 Å². The Bertz CT molecular complexity index is 932. The first-order valence-corrected chi connectivity index (χ1v) is 11.5. The zero-order valence-corrected chi connectivity index (χ0v) is 18.1. The van der Waals surface area contributed by atoms with Crippen LogP contribution in [0.4, 0.5) is 5.69 Å². The summed E-state index contributed by atoms with van der Waals surface area (Å²) in [5.74, 6) is -0.00919. The van der Waals surface area contributed by atoms with Crippen LogP contribution in [-0.4, -0.2) is 42.7 Å². The van der Waals surface area contributed by atoms with Crippen molar-refractivity contribution in [2.45, 2.75) is 49.3 Å². The van der Waals surface area contributed by atoms with Crippen LogP contribution in [0.15, 0.2) is 51.2 Å². The topological polar surface area (TPSA) is 44.7 Å². The number of hydrogen-bond acceptors (Lipinski definition) is 4. The number of fused-ring (bicyclic) bond motifs is 2. The second kappa shape index (κ2) is 9.14. The van der Waals surface area contributed by atoms with Gasteiger partial charge in [-0.25, -0.2) is 0 Å². The van der Waals surface area contributed by atoms with Gasteiger partial charge >= 0.3 is 0 Å². The molecule has 1 amide bonds. The Kier molecular flexibility index (Phi) is 6.36. The van der Waals surface area contributed by atoms with Crippen LogP contribution in [-0.2, 0) is 0 Å². The number of nitrogens with one attached hydrogen (secondary N) is 1. The first kappa shape index (κ1) is 20.2. The van der Waals surface area contributed by atoms with Crippen LogP contribution < -0.4 is 5.32 Å². The summed E-state index contributed by atoms with van der Waals surface area (Å²) in [5, 5.41) is 3.07. The van der Waals surface area contributed by atoms with Crippen molar-refractivity contribution in [2.24, 2.45) is 4.99 Å². The van der Waals surface area contributed by atoms with E-state index in [9.17, 15) is 4.79 Å². The summed E-state index contributed by atoms with van der Waals surface area (Å²) in [6.45, 7) is 8.45. The van der Waals surface area contributed by atoms with E-state index in [1.165, 1.54) is 42.0 Å². The van der Waals surface area contributed by atoms with E-state index in [-0.39, 0.29) is 5.91 Å². The van der Waals surface area contributed by atoms with E-state index in [0.717, 1.165) is 42.2 Å². The van der Waals surface area contributed by atoms with Crippen molar-refractivity contribution in [1.29, 1.82) is 0 Å². The standard InChI is InChI=1S/C24H29N3OS/c1-3-20-19-15-17(2)7-9-22(19)29-23-10-8-18(16-21(23)26-20)24(28)25-11-6-14-27-12-4-5-13-27/h7-10,15-16H,3-6,11-14H2,1-2H3,(H,25,28). The largest absolute Gasteiger partial charge is 0.352 e. The minimum absolute atomic E-state index is 0.00919. The monoisotopic (exact) mass is 407 g/mol. The van der Waals surface area contributed by atoms with Crippen LogP contribution in [0.25, 0.3) is 0 Å². The molecule has 0 radical (unpaired) electrons. The van der Waals surface area contributed by atoms with E-state index in [0.29, 0.717) is 5.56 Å². The van der Waals surface area contributed by atoms with Gasteiger partial charge in [-0.05, 0) is 82.6 Å². The molecule has 0 bridgehead atoms. The third kappa shape index (κ3) is 4.73. The maximum Gasteiger partial charge on any atom is 0.251 e. The summed E-state index contributed by atoms with van der Waals surface area (Å²) in [4.78, 5) is 22.4. The van der Waals surface area contributed by atoms with Gasteiger partial charge in [0.05, 0.1) is 5.69 Å². The zero-order valence-electron chi connectivity index (χ0n) is 17.3. The lowest BCUT2D eigenvalue weighted by atomic mass is 10.0. The molecule has 0 atom stereocenters. The van der Waals surface area contributed by atoms with E-state index < -0.39 is 0 Å². The minimum atomic E-state index is -0.00919. The molecular formula is C24H29N3OS. The predicted molar refractivity (Wildman–Crippen MR) is 121 cm³/mol. The van der Waals surface area contributed by atoms with Crippen LogP contribution in [0.5, 0.6) is 0 Å². The third-order valence-electron chi connectivity index (χ3n) is 5.61. The van der Waals surface area contributed by atoms with Gasteiger partial charge in [-0.15, -0.1) is 0 Å². The molecule has 0 unspecified atom stereocenters. The minimum Gasteiger partial charge on any atom is -0.352 e. The Balaban J connectivity index is 1.47. The Morgan fingerprint density at radius 3 is 2.72 bits per heavy atom. The van der Waals surface area contributed by atoms with Crippen LogP contribution in [0.3, 0.4) is 0 Å². The summed E-state index contributed by atoms with van der Waals surface area (Å²) in [5.41, 5.74) is 5.11. The zero-order chi connectivity index (χ0) is 20.2. The third-order valence-corrected chi connectivity index (χ3v) is 6.75. The maximum atomic E-state index is 12.6. The number of amides is 1. The molecule has 2 aliphatic heterocycles. The fraction of sp³-hybridized carbons (Fsp3) is 0.417. The molecule has 5 heteroatoms. The van der Waals surface area contributed by atoms with E-state index in [1.54, 1.807) is 11.8 Å². The molecule has 4 rings (SSSR count). The average Bonchev–Trinajstić information content (AvgIpc) is 3.19. The van der Waals surface area contributed by atoms with Crippen molar-refractivity contribution in [2.75, 3.05) is 26.2 Å². The number of hydrogen-bond donors (Lipinski definition) is 1. The summed E-state index contributed by atoms with van der Waals surface area (Å²) in [6, 6.07) is 12.4. The Labute approximate surface area is 177 Å². The number of benzene rings is 2. The molecule has 0 aliphatic carbocycles. The lowest BCUT2D eigenvalue weighted by molar-refractivity contribution is 0.0952. The number of carbonyl (C=O) groups excluding carboxylic acids is 1. The fourth-order valence-electron chi connectivity index (χ4n) is 4.00. The van der Waals surface area contributed by atoms with Crippen molar-refractivity contribution in [3.05, 3.63) is 53.1 Å². The van der Waals surface area contributed by atoms with Crippen LogP contribution in [0, 0.1) is 6.92 Å². The molecule has 0 aromatic heterocycles. The van der Waals surface area contributed by atoms with Crippen LogP contribution in [0.2, 0.25) is 0 Å². The first-order valence-electron chi connectivity index (χ1n) is 10.6. The lowest BCUT2D eigenvalue weighted by Crippen LogP contribution is -2.28. The number of carbonyl (C=O) groups is 1. The van der Waals surface area contributed by atoms with Gasteiger partial charge in [-0.2, -0.15) is 0 Å². The van der Waals surface area contributed by atoms with Gasteiger partial charge in [0.15, 0.2) is 0 Å². The quantitative estimate of drug-likeness (QED) is 0.669. The number of aryl methyl sites for hydroxylation is 1. The highest BCUT2D eigenvalue weighted by molar-refractivity contribution is 7.99. The van der Waals surface area contributed by atoms with Gasteiger partial charge < -0.3 is 10.2 Å². The molecule has 4 nitrogen and oxygen atoms in total. The van der Waals surface area contributed by atoms with Gasteiger partial charge in [-0.3, -0.25) is 9.79 Å². The van der Waals surface area contributed by atoms with Crippen LogP contribution >= 0.6 is 11.8 Å². The number of aliphatic imine (C=N–C) groups is 1. The van der Waals surface area contributed by atoms with E-state index in [4.69, 9.17) is 4.99 Å². The second-order valence-corrected chi connectivity index (χ2v) is 8.94. The highest BCUT2D eigenvalue weighted by Crippen LogP contribution is 2.41. The van der Waals surface area contributed by atoms with E-state index in [2.05, 4.69) is 42.3 Å². The molecule has 0 saturated carbocycles. The average molecular weight is 408 g/mol. The smallest absolute Gasteiger partial charge is 0.251 e. The van der Waals surface area contributed by atoms with Gasteiger partial charge in [0.25, 0.3) is 5.91 Å². The maximum absolute atomic E-state index is 12.6. The fourth-order valence-corrected chi connectivity index (χ4v) is 5.00. The molecule has 1 fully saturated rings. The molecule has 2 heterocycles. The summed E-state index contributed by atoms with van der Waals surface area (Å²) >= 11 is 1.74. The Morgan fingerprint density at radius 2 is 1.93 bits per heavy atom. The molecular weight excluding hydrogens is 378 g/mol. The van der Waals surface area contributed by atoms with Crippen molar-refractivity contribution >= 4 is 29.1 Å². The van der Waals surface area contributed by atoms with Gasteiger partial charge in [0.2, 0.25) is 0 Å². The number of likely N-dealkylation sites (tertiary alicyclic amines) is 1. The number of nitrogens with zero attached hydrogens (tertiary/aromatic N) is 2. The molecule has 2 aliphatic rings. The van der Waals surface area contributed by atoms with Gasteiger partial charge in [0.1, 0.15) is 0 Å². The molecule has 2 aromatic carbocycles. The first-order chi connectivity index (χ1) is 14.1. The molecule has 1 N–H and O–H groups in total. The lowest BCUT2D eigenvalue weighted by Gasteiger charge is -2.14. The van der Waals surface area contributed by atoms with E-state index in [1.807, 2.05) is 18.2 Å². The number of rotatable bonds is 6. The van der Waals surface area contributed by atoms with Crippen LogP contribution in [0.1, 0.15) is 54.1 Å². The second-order valence-electron chi connectivity index (χ2n) is 7.85. The predicted octanol–water partition coefficient (Wildman–Crippen LogP) is 5.21. The molecule has 1 saturated heterocycles. The van der Waals surface area contributed by atoms with Gasteiger partial charge in [-0.1, -0.05) is 30.3 Å². The summed E-state index contributed by atoms with van der Waals surface area (Å²) < 4.78 is 0.